The second-order valence-electron chi connectivity index (χ2n) is 3.77. The number of aliphatic carboxylic acids is 1. The summed E-state index contributed by atoms with van der Waals surface area (Å²) in [6, 6.07) is 4.49. The van der Waals surface area contributed by atoms with E-state index in [9.17, 15) is 9.59 Å². The number of carbonyl (C=O) groups is 2. The van der Waals surface area contributed by atoms with Crippen molar-refractivity contribution in [3.8, 4) is 0 Å². The van der Waals surface area contributed by atoms with Crippen LogP contribution >= 0.6 is 11.6 Å². The summed E-state index contributed by atoms with van der Waals surface area (Å²) in [6.07, 6.45) is 1.31. The number of unbranched alkanes of at least 4 members (excludes halogenated alkanes) is 1. The van der Waals surface area contributed by atoms with E-state index in [-0.39, 0.29) is 12.0 Å². The molecule has 0 aliphatic rings. The van der Waals surface area contributed by atoms with Gasteiger partial charge in [-0.05, 0) is 31.0 Å². The number of anilines is 1. The van der Waals surface area contributed by atoms with Gasteiger partial charge in [-0.2, -0.15) is 0 Å². The minimum absolute atomic E-state index is 0.114. The summed E-state index contributed by atoms with van der Waals surface area (Å²) in [6.45, 7) is 0.508. The van der Waals surface area contributed by atoms with Crippen LogP contribution in [0.2, 0.25) is 5.02 Å². The SMILES string of the molecule is O=C(O)CCCCNc1cc(Cl)ccc1C(=O)O. The van der Waals surface area contributed by atoms with Crippen LogP contribution in [0, 0.1) is 0 Å². The first-order valence-corrected chi connectivity index (χ1v) is 5.87. The lowest BCUT2D eigenvalue weighted by atomic mass is 10.1. The number of hydrogen-bond acceptors (Lipinski definition) is 3. The van der Waals surface area contributed by atoms with Crippen molar-refractivity contribution in [2.45, 2.75) is 19.3 Å². The van der Waals surface area contributed by atoms with E-state index >= 15 is 0 Å². The highest BCUT2D eigenvalue weighted by atomic mass is 35.5. The highest BCUT2D eigenvalue weighted by Crippen LogP contribution is 2.21. The number of hydrogen-bond donors (Lipinski definition) is 3. The van der Waals surface area contributed by atoms with Gasteiger partial charge in [0.2, 0.25) is 0 Å². The molecule has 0 bridgehead atoms. The van der Waals surface area contributed by atoms with Gasteiger partial charge in [0.25, 0.3) is 0 Å². The lowest BCUT2D eigenvalue weighted by Gasteiger charge is -2.09. The van der Waals surface area contributed by atoms with Crippen molar-refractivity contribution < 1.29 is 19.8 Å². The summed E-state index contributed by atoms with van der Waals surface area (Å²) >= 11 is 5.79. The van der Waals surface area contributed by atoms with Crippen molar-refractivity contribution in [3.63, 3.8) is 0 Å². The van der Waals surface area contributed by atoms with Crippen molar-refractivity contribution >= 4 is 29.2 Å². The van der Waals surface area contributed by atoms with Gasteiger partial charge in [-0.3, -0.25) is 4.79 Å². The number of rotatable bonds is 7. The zero-order valence-corrected chi connectivity index (χ0v) is 10.4. The predicted octanol–water partition coefficient (Wildman–Crippen LogP) is 2.71. The summed E-state index contributed by atoms with van der Waals surface area (Å²) in [5.41, 5.74) is 0.600. The third-order valence-corrected chi connectivity index (χ3v) is 2.58. The molecule has 1 rings (SSSR count). The summed E-state index contributed by atoms with van der Waals surface area (Å²) in [7, 11) is 0. The number of aromatic carboxylic acids is 1. The van der Waals surface area contributed by atoms with Crippen molar-refractivity contribution in [2.24, 2.45) is 0 Å². The van der Waals surface area contributed by atoms with Gasteiger partial charge in [-0.25, -0.2) is 4.79 Å². The molecule has 0 aliphatic carbocycles. The quantitative estimate of drug-likeness (QED) is 0.664. The Labute approximate surface area is 109 Å². The third kappa shape index (κ3) is 4.63. The normalized spacial score (nSPS) is 10.1. The molecule has 0 saturated carbocycles. The number of halogens is 1. The number of carboxylic acids is 2. The van der Waals surface area contributed by atoms with Crippen LogP contribution in [0.25, 0.3) is 0 Å². The average Bonchev–Trinajstić information content (AvgIpc) is 2.27. The Morgan fingerprint density at radius 2 is 1.94 bits per heavy atom. The van der Waals surface area contributed by atoms with Crippen LogP contribution < -0.4 is 5.32 Å². The van der Waals surface area contributed by atoms with Crippen LogP contribution in [0.5, 0.6) is 0 Å². The van der Waals surface area contributed by atoms with Crippen molar-refractivity contribution in [3.05, 3.63) is 28.8 Å². The van der Waals surface area contributed by atoms with Crippen molar-refractivity contribution in [1.82, 2.24) is 0 Å². The highest BCUT2D eigenvalue weighted by Gasteiger charge is 2.09. The van der Waals surface area contributed by atoms with E-state index < -0.39 is 11.9 Å². The second kappa shape index (κ2) is 6.86. The predicted molar refractivity (Wildman–Crippen MR) is 68.4 cm³/mol. The molecule has 0 spiro atoms. The monoisotopic (exact) mass is 271 g/mol. The van der Waals surface area contributed by atoms with Crippen LogP contribution in [0.15, 0.2) is 18.2 Å². The molecule has 0 radical (unpaired) electrons. The Bertz CT molecular complexity index is 448. The molecule has 98 valence electrons. The third-order valence-electron chi connectivity index (χ3n) is 2.34. The molecule has 3 N–H and O–H groups in total. The van der Waals surface area contributed by atoms with Gasteiger partial charge in [0.15, 0.2) is 0 Å². The van der Waals surface area contributed by atoms with E-state index in [1.165, 1.54) is 12.1 Å². The van der Waals surface area contributed by atoms with Crippen LogP contribution in [-0.4, -0.2) is 28.7 Å². The molecule has 0 unspecified atom stereocenters. The fourth-order valence-corrected chi connectivity index (χ4v) is 1.65. The molecule has 0 amide bonds. The van der Waals surface area contributed by atoms with E-state index in [0.717, 1.165) is 0 Å². The molecular weight excluding hydrogens is 258 g/mol. The molecule has 0 fully saturated rings. The van der Waals surface area contributed by atoms with E-state index in [2.05, 4.69) is 5.32 Å². The molecule has 0 aliphatic heterocycles. The first kappa shape index (κ1) is 14.3. The molecule has 0 saturated heterocycles. The zero-order chi connectivity index (χ0) is 13.5. The zero-order valence-electron chi connectivity index (χ0n) is 9.65. The number of benzene rings is 1. The summed E-state index contributed by atoms with van der Waals surface area (Å²) in [5.74, 6) is -1.86. The Morgan fingerprint density at radius 3 is 2.56 bits per heavy atom. The van der Waals surface area contributed by atoms with Gasteiger partial charge in [0.1, 0.15) is 0 Å². The minimum atomic E-state index is -1.03. The Balaban J connectivity index is 2.53. The maximum atomic E-state index is 11.0. The van der Waals surface area contributed by atoms with E-state index in [0.29, 0.717) is 30.1 Å². The van der Waals surface area contributed by atoms with Crippen LogP contribution in [0.3, 0.4) is 0 Å². The average molecular weight is 272 g/mol. The fourth-order valence-electron chi connectivity index (χ4n) is 1.47. The Kier molecular flexibility index (Phi) is 5.45. The molecule has 1 aromatic carbocycles. The van der Waals surface area contributed by atoms with E-state index in [4.69, 9.17) is 21.8 Å². The molecule has 6 heteroatoms. The van der Waals surface area contributed by atoms with Crippen LogP contribution in [0.1, 0.15) is 29.6 Å². The standard InChI is InChI=1S/C12H14ClNO4/c13-8-4-5-9(12(17)18)10(7-8)14-6-2-1-3-11(15)16/h4-5,7,14H,1-3,6H2,(H,15,16)(H,17,18). The van der Waals surface area contributed by atoms with Crippen molar-refractivity contribution in [2.75, 3.05) is 11.9 Å². The second-order valence-corrected chi connectivity index (χ2v) is 4.21. The summed E-state index contributed by atoms with van der Waals surface area (Å²) in [5, 5.41) is 20.8. The molecule has 0 heterocycles. The molecule has 5 nitrogen and oxygen atoms in total. The largest absolute Gasteiger partial charge is 0.481 e. The number of nitrogens with one attached hydrogen (secondary N) is 1. The topological polar surface area (TPSA) is 86.6 Å². The summed E-state index contributed by atoms with van der Waals surface area (Å²) < 4.78 is 0. The minimum Gasteiger partial charge on any atom is -0.481 e. The van der Waals surface area contributed by atoms with Gasteiger partial charge in [-0.1, -0.05) is 11.6 Å². The maximum Gasteiger partial charge on any atom is 0.337 e. The lowest BCUT2D eigenvalue weighted by Crippen LogP contribution is -2.08. The van der Waals surface area contributed by atoms with E-state index in [1.807, 2.05) is 0 Å². The highest BCUT2D eigenvalue weighted by molar-refractivity contribution is 6.31. The fraction of sp³-hybridized carbons (Fsp3) is 0.333. The van der Waals surface area contributed by atoms with Crippen molar-refractivity contribution in [1.29, 1.82) is 0 Å². The first-order chi connectivity index (χ1) is 8.50. The Hall–Kier alpha value is -1.75. The van der Waals surface area contributed by atoms with Gasteiger partial charge < -0.3 is 15.5 Å². The van der Waals surface area contributed by atoms with Gasteiger partial charge in [-0.15, -0.1) is 0 Å². The molecule has 18 heavy (non-hydrogen) atoms. The van der Waals surface area contributed by atoms with Gasteiger partial charge in [0.05, 0.1) is 11.3 Å². The maximum absolute atomic E-state index is 11.0. The molecular formula is C12H14ClNO4. The first-order valence-electron chi connectivity index (χ1n) is 5.49. The molecule has 1 aromatic rings. The van der Waals surface area contributed by atoms with Gasteiger partial charge in [0, 0.05) is 18.0 Å². The summed E-state index contributed by atoms with van der Waals surface area (Å²) in [4.78, 5) is 21.3. The molecule has 0 atom stereocenters. The van der Waals surface area contributed by atoms with Crippen LogP contribution in [-0.2, 0) is 4.79 Å². The van der Waals surface area contributed by atoms with Crippen LogP contribution in [0.4, 0.5) is 5.69 Å². The molecule has 0 aromatic heterocycles. The smallest absolute Gasteiger partial charge is 0.337 e. The Morgan fingerprint density at radius 1 is 1.22 bits per heavy atom. The number of carboxylic acid groups (broad SMARTS) is 2. The van der Waals surface area contributed by atoms with E-state index in [1.54, 1.807) is 6.07 Å². The lowest BCUT2D eigenvalue weighted by molar-refractivity contribution is -0.137. The van der Waals surface area contributed by atoms with Gasteiger partial charge >= 0.3 is 11.9 Å².